The number of carbonyl (C=O) groups is 1. The molecule has 1 fully saturated rings. The lowest BCUT2D eigenvalue weighted by molar-refractivity contribution is 0.0943. The first-order valence-corrected chi connectivity index (χ1v) is 9.45. The van der Waals surface area contributed by atoms with E-state index in [1.807, 2.05) is 0 Å². The molecule has 2 aromatic heterocycles. The third kappa shape index (κ3) is 2.71. The highest BCUT2D eigenvalue weighted by atomic mass is 32.1. The Balaban J connectivity index is 1.68. The number of nitrogens with two attached hydrogens (primary N) is 1. The molecule has 1 amide bonds. The molecule has 2 aliphatic carbocycles. The normalized spacial score (nSPS) is 21.5. The van der Waals surface area contributed by atoms with Crippen molar-refractivity contribution < 1.29 is 4.79 Å². The van der Waals surface area contributed by atoms with Crippen molar-refractivity contribution in [1.29, 1.82) is 0 Å². The van der Waals surface area contributed by atoms with Gasteiger partial charge in [0, 0.05) is 17.1 Å². The molecule has 0 aromatic carbocycles. The van der Waals surface area contributed by atoms with Crippen molar-refractivity contribution >= 4 is 33.1 Å². The van der Waals surface area contributed by atoms with Crippen molar-refractivity contribution in [2.45, 2.75) is 57.9 Å². The Kier molecular flexibility index (Phi) is 3.76. The first-order valence-electron chi connectivity index (χ1n) is 8.63. The van der Waals surface area contributed by atoms with Gasteiger partial charge in [-0.05, 0) is 49.7 Å². The van der Waals surface area contributed by atoms with E-state index in [2.05, 4.69) is 18.3 Å². The molecular weight excluding hydrogens is 306 g/mol. The number of pyridine rings is 1. The maximum Gasteiger partial charge on any atom is 0.263 e. The summed E-state index contributed by atoms with van der Waals surface area (Å²) < 4.78 is 0. The first-order chi connectivity index (χ1) is 11.1. The summed E-state index contributed by atoms with van der Waals surface area (Å²) in [6, 6.07) is 2.49. The highest BCUT2D eigenvalue weighted by molar-refractivity contribution is 7.21. The van der Waals surface area contributed by atoms with Gasteiger partial charge in [-0.25, -0.2) is 4.98 Å². The predicted molar refractivity (Wildman–Crippen MR) is 94.9 cm³/mol. The van der Waals surface area contributed by atoms with E-state index in [1.165, 1.54) is 41.9 Å². The van der Waals surface area contributed by atoms with Gasteiger partial charge in [0.2, 0.25) is 0 Å². The Hall–Kier alpha value is -1.62. The molecule has 2 aliphatic rings. The lowest BCUT2D eigenvalue weighted by Crippen LogP contribution is -2.32. The van der Waals surface area contributed by atoms with Crippen LogP contribution in [0.3, 0.4) is 0 Å². The van der Waals surface area contributed by atoms with Gasteiger partial charge in [-0.1, -0.05) is 19.8 Å². The SMILES string of the molecule is CC1CCc2nc3sc(C(=O)NC4CCCC4)c(N)c3cc2C1. The molecule has 0 radical (unpaired) electrons. The van der Waals surface area contributed by atoms with Gasteiger partial charge in [-0.2, -0.15) is 0 Å². The third-order valence-electron chi connectivity index (χ3n) is 5.23. The zero-order valence-electron chi connectivity index (χ0n) is 13.5. The number of hydrogen-bond acceptors (Lipinski definition) is 4. The lowest BCUT2D eigenvalue weighted by Gasteiger charge is -2.20. The highest BCUT2D eigenvalue weighted by Crippen LogP contribution is 2.36. The van der Waals surface area contributed by atoms with E-state index in [0.29, 0.717) is 22.5 Å². The zero-order chi connectivity index (χ0) is 16.0. The minimum atomic E-state index is -0.0243. The van der Waals surface area contributed by atoms with Gasteiger partial charge in [-0.3, -0.25) is 4.79 Å². The number of aromatic nitrogens is 1. The van der Waals surface area contributed by atoms with Gasteiger partial charge >= 0.3 is 0 Å². The molecule has 0 bridgehead atoms. The fraction of sp³-hybridized carbons (Fsp3) is 0.556. The summed E-state index contributed by atoms with van der Waals surface area (Å²) in [6.07, 6.45) is 7.88. The maximum atomic E-state index is 12.6. The lowest BCUT2D eigenvalue weighted by atomic mass is 9.87. The fourth-order valence-electron chi connectivity index (χ4n) is 3.86. The van der Waals surface area contributed by atoms with Crippen LogP contribution in [0.4, 0.5) is 5.69 Å². The molecule has 0 saturated heterocycles. The monoisotopic (exact) mass is 329 g/mol. The van der Waals surface area contributed by atoms with Crippen molar-refractivity contribution in [2.75, 3.05) is 5.73 Å². The second-order valence-corrected chi connectivity index (χ2v) is 8.09. The van der Waals surface area contributed by atoms with E-state index < -0.39 is 0 Å². The number of thiophene rings is 1. The van der Waals surface area contributed by atoms with E-state index >= 15 is 0 Å². The van der Waals surface area contributed by atoms with Crippen LogP contribution >= 0.6 is 11.3 Å². The predicted octanol–water partition coefficient (Wildman–Crippen LogP) is 3.68. The molecule has 3 N–H and O–H groups in total. The third-order valence-corrected chi connectivity index (χ3v) is 6.34. The molecule has 4 rings (SSSR count). The van der Waals surface area contributed by atoms with Crippen LogP contribution < -0.4 is 11.1 Å². The molecule has 2 aromatic rings. The van der Waals surface area contributed by atoms with Crippen LogP contribution in [0.1, 0.15) is 60.0 Å². The van der Waals surface area contributed by atoms with Gasteiger partial charge in [0.05, 0.1) is 5.69 Å². The molecule has 5 heteroatoms. The van der Waals surface area contributed by atoms with E-state index in [4.69, 9.17) is 10.7 Å². The summed E-state index contributed by atoms with van der Waals surface area (Å²) in [4.78, 5) is 18.9. The van der Waals surface area contributed by atoms with Gasteiger partial charge in [0.25, 0.3) is 5.91 Å². The van der Waals surface area contributed by atoms with Crippen LogP contribution in [0.5, 0.6) is 0 Å². The minimum absolute atomic E-state index is 0.0243. The average Bonchev–Trinajstić information content (AvgIpc) is 3.14. The maximum absolute atomic E-state index is 12.6. The number of amides is 1. The Morgan fingerprint density at radius 1 is 1.35 bits per heavy atom. The second-order valence-electron chi connectivity index (χ2n) is 7.09. The van der Waals surface area contributed by atoms with Crippen LogP contribution in [0, 0.1) is 5.92 Å². The Bertz CT molecular complexity index is 761. The Morgan fingerprint density at radius 2 is 2.13 bits per heavy atom. The topological polar surface area (TPSA) is 68.0 Å². The largest absolute Gasteiger partial charge is 0.397 e. The Labute approximate surface area is 140 Å². The summed E-state index contributed by atoms with van der Waals surface area (Å²) in [5, 5.41) is 4.10. The number of fused-ring (bicyclic) bond motifs is 2. The van der Waals surface area contributed by atoms with Gasteiger partial charge in [0.15, 0.2) is 0 Å². The molecule has 1 unspecified atom stereocenters. The zero-order valence-corrected chi connectivity index (χ0v) is 14.3. The molecule has 0 aliphatic heterocycles. The first kappa shape index (κ1) is 14.9. The standard InChI is InChI=1S/C18H23N3OS/c1-10-6-7-14-11(8-10)9-13-15(19)16(23-18(13)21-14)17(22)20-12-4-2-3-5-12/h9-10,12H,2-8,19H2,1H3,(H,20,22). The molecule has 0 spiro atoms. The smallest absolute Gasteiger partial charge is 0.263 e. The van der Waals surface area contributed by atoms with E-state index in [9.17, 15) is 4.79 Å². The van der Waals surface area contributed by atoms with E-state index in [1.54, 1.807) is 0 Å². The van der Waals surface area contributed by atoms with E-state index in [0.717, 1.165) is 35.9 Å². The molecule has 122 valence electrons. The van der Waals surface area contributed by atoms with Crippen molar-refractivity contribution in [3.05, 3.63) is 22.2 Å². The van der Waals surface area contributed by atoms with Crippen molar-refractivity contribution in [2.24, 2.45) is 5.92 Å². The number of rotatable bonds is 2. The molecule has 2 heterocycles. The van der Waals surface area contributed by atoms with Crippen molar-refractivity contribution in [3.8, 4) is 0 Å². The summed E-state index contributed by atoms with van der Waals surface area (Å²) in [7, 11) is 0. The van der Waals surface area contributed by atoms with Gasteiger partial charge < -0.3 is 11.1 Å². The van der Waals surface area contributed by atoms with Crippen LogP contribution in [0.15, 0.2) is 6.07 Å². The van der Waals surface area contributed by atoms with Crippen LogP contribution in [-0.2, 0) is 12.8 Å². The molecule has 23 heavy (non-hydrogen) atoms. The number of carbonyl (C=O) groups excluding carboxylic acids is 1. The van der Waals surface area contributed by atoms with Crippen molar-refractivity contribution in [1.82, 2.24) is 10.3 Å². The number of anilines is 1. The number of aryl methyl sites for hydroxylation is 1. The highest BCUT2D eigenvalue weighted by Gasteiger charge is 2.24. The van der Waals surface area contributed by atoms with Crippen molar-refractivity contribution in [3.63, 3.8) is 0 Å². The minimum Gasteiger partial charge on any atom is -0.397 e. The number of nitrogens with zero attached hydrogens (tertiary/aromatic N) is 1. The summed E-state index contributed by atoms with van der Waals surface area (Å²) in [6.45, 7) is 2.28. The summed E-state index contributed by atoms with van der Waals surface area (Å²) in [5.74, 6) is 0.676. The molecule has 1 saturated carbocycles. The molecular formula is C18H23N3OS. The summed E-state index contributed by atoms with van der Waals surface area (Å²) >= 11 is 1.44. The van der Waals surface area contributed by atoms with Crippen LogP contribution in [0.25, 0.3) is 10.2 Å². The summed E-state index contributed by atoms with van der Waals surface area (Å²) in [5.41, 5.74) is 9.40. The fourth-order valence-corrected chi connectivity index (χ4v) is 4.86. The number of nitrogen functional groups attached to an aromatic ring is 1. The molecule has 1 atom stereocenters. The quantitative estimate of drug-likeness (QED) is 0.883. The molecule has 4 nitrogen and oxygen atoms in total. The van der Waals surface area contributed by atoms with Crippen LogP contribution in [-0.4, -0.2) is 16.9 Å². The van der Waals surface area contributed by atoms with E-state index in [-0.39, 0.29) is 5.91 Å². The number of hydrogen-bond donors (Lipinski definition) is 2. The van der Waals surface area contributed by atoms with Gasteiger partial charge in [0.1, 0.15) is 9.71 Å². The van der Waals surface area contributed by atoms with Crippen LogP contribution in [0.2, 0.25) is 0 Å². The Morgan fingerprint density at radius 3 is 2.91 bits per heavy atom. The number of nitrogens with one attached hydrogen (secondary N) is 1. The van der Waals surface area contributed by atoms with Gasteiger partial charge in [-0.15, -0.1) is 11.3 Å². The second kappa shape index (κ2) is 5.78. The average molecular weight is 329 g/mol.